The predicted molar refractivity (Wildman–Crippen MR) is 73.5 cm³/mol. The lowest BCUT2D eigenvalue weighted by Crippen LogP contribution is -2.27. The summed E-state index contributed by atoms with van der Waals surface area (Å²) in [5.41, 5.74) is 0.773. The topological polar surface area (TPSA) is 69.8 Å². The first-order valence-electron chi connectivity index (χ1n) is 6.13. The molecule has 1 aromatic carbocycles. The van der Waals surface area contributed by atoms with E-state index in [1.807, 2.05) is 7.05 Å². The van der Waals surface area contributed by atoms with Gasteiger partial charge in [-0.1, -0.05) is 17.3 Å². The quantitative estimate of drug-likeness (QED) is 0.665. The summed E-state index contributed by atoms with van der Waals surface area (Å²) in [7, 11) is 1.83. The van der Waals surface area contributed by atoms with Gasteiger partial charge in [0, 0.05) is 25.0 Å². The highest BCUT2D eigenvalue weighted by molar-refractivity contribution is 5.95. The number of ketones is 1. The first kappa shape index (κ1) is 12.3. The molecule has 0 fully saturated rings. The van der Waals surface area contributed by atoms with E-state index in [0.29, 0.717) is 16.5 Å². The van der Waals surface area contributed by atoms with Gasteiger partial charge in [0.05, 0.1) is 5.39 Å². The van der Waals surface area contributed by atoms with Crippen LogP contribution in [0.2, 0.25) is 0 Å². The number of hydrogen-bond acceptors (Lipinski definition) is 4. The maximum atomic E-state index is 12.2. The minimum Gasteiger partial charge on any atom is -0.357 e. The Morgan fingerprint density at radius 2 is 2.05 bits per heavy atom. The van der Waals surface area contributed by atoms with E-state index in [4.69, 9.17) is 0 Å². The highest BCUT2D eigenvalue weighted by Gasteiger charge is 2.11. The second-order valence-electron chi connectivity index (χ2n) is 4.56. The number of hydrogen-bond donors (Lipinski definition) is 0. The number of fused-ring (bicyclic) bond motifs is 1. The van der Waals surface area contributed by atoms with Crippen LogP contribution >= 0.6 is 0 Å². The number of aryl methyl sites for hydroxylation is 1. The summed E-state index contributed by atoms with van der Waals surface area (Å²) < 4.78 is 2.87. The van der Waals surface area contributed by atoms with E-state index in [1.165, 1.54) is 0 Å². The summed E-state index contributed by atoms with van der Waals surface area (Å²) in [6.07, 6.45) is 3.49. The number of carbonyl (C=O) groups excluding carboxylic acids is 1. The Labute approximate surface area is 114 Å². The zero-order valence-electron chi connectivity index (χ0n) is 10.9. The van der Waals surface area contributed by atoms with Crippen molar-refractivity contribution in [3.05, 3.63) is 58.6 Å². The lowest BCUT2D eigenvalue weighted by atomic mass is 10.2. The van der Waals surface area contributed by atoms with Crippen LogP contribution in [0.5, 0.6) is 0 Å². The van der Waals surface area contributed by atoms with Gasteiger partial charge in [-0.05, 0) is 18.2 Å². The smallest absolute Gasteiger partial charge is 0.278 e. The summed E-state index contributed by atoms with van der Waals surface area (Å²) >= 11 is 0. The zero-order valence-corrected chi connectivity index (χ0v) is 10.9. The van der Waals surface area contributed by atoms with Crippen LogP contribution in [-0.2, 0) is 13.6 Å². The van der Waals surface area contributed by atoms with E-state index in [0.717, 1.165) is 4.68 Å². The summed E-state index contributed by atoms with van der Waals surface area (Å²) in [5, 5.41) is 8.22. The van der Waals surface area contributed by atoms with Crippen LogP contribution in [0.3, 0.4) is 0 Å². The summed E-state index contributed by atoms with van der Waals surface area (Å²) in [5.74, 6) is -0.169. The van der Waals surface area contributed by atoms with Gasteiger partial charge in [-0.2, -0.15) is 0 Å². The van der Waals surface area contributed by atoms with Gasteiger partial charge < -0.3 is 4.57 Å². The van der Waals surface area contributed by atoms with E-state index in [2.05, 4.69) is 10.3 Å². The Morgan fingerprint density at radius 1 is 1.25 bits per heavy atom. The summed E-state index contributed by atoms with van der Waals surface area (Å²) in [6, 6.07) is 8.65. The second-order valence-corrected chi connectivity index (χ2v) is 4.56. The highest BCUT2D eigenvalue weighted by Crippen LogP contribution is 2.05. The fourth-order valence-electron chi connectivity index (χ4n) is 2.02. The standard InChI is InChI=1S/C14H12N4O2/c1-17-7-6-10(8-17)13(19)9-18-14(20)11-4-2-3-5-12(11)15-16-18/h2-8H,9H2,1H3. The number of aromatic nitrogens is 4. The summed E-state index contributed by atoms with van der Waals surface area (Å²) in [6.45, 7) is -0.110. The van der Waals surface area contributed by atoms with Crippen LogP contribution in [0.1, 0.15) is 10.4 Å². The molecule has 3 aromatic rings. The van der Waals surface area contributed by atoms with Crippen molar-refractivity contribution in [3.8, 4) is 0 Å². The predicted octanol–water partition coefficient (Wildman–Crippen LogP) is 1.01. The van der Waals surface area contributed by atoms with Gasteiger partial charge in [-0.15, -0.1) is 5.10 Å². The molecule has 0 saturated heterocycles. The molecule has 0 saturated carbocycles. The molecule has 20 heavy (non-hydrogen) atoms. The number of Topliss-reactive ketones (excluding diaryl/α,β-unsaturated/α-hetero) is 1. The third-order valence-electron chi connectivity index (χ3n) is 3.08. The fraction of sp³-hybridized carbons (Fsp3) is 0.143. The van der Waals surface area contributed by atoms with Crippen molar-refractivity contribution in [1.82, 2.24) is 19.6 Å². The van der Waals surface area contributed by atoms with Crippen LogP contribution in [0.25, 0.3) is 10.9 Å². The van der Waals surface area contributed by atoms with Crippen molar-refractivity contribution in [3.63, 3.8) is 0 Å². The lowest BCUT2D eigenvalue weighted by Gasteiger charge is -2.03. The highest BCUT2D eigenvalue weighted by atomic mass is 16.1. The van der Waals surface area contributed by atoms with Gasteiger partial charge in [0.2, 0.25) is 0 Å². The molecule has 0 bridgehead atoms. The van der Waals surface area contributed by atoms with Gasteiger partial charge in [-0.3, -0.25) is 9.59 Å². The van der Waals surface area contributed by atoms with E-state index in [-0.39, 0.29) is 17.9 Å². The second kappa shape index (κ2) is 4.73. The third kappa shape index (κ3) is 2.11. The molecule has 6 heteroatoms. The minimum atomic E-state index is -0.306. The molecule has 6 nitrogen and oxygen atoms in total. The number of nitrogens with zero attached hydrogens (tertiary/aromatic N) is 4. The maximum absolute atomic E-state index is 12.2. The van der Waals surface area contributed by atoms with Crippen LogP contribution in [0.4, 0.5) is 0 Å². The first-order chi connectivity index (χ1) is 9.65. The average Bonchev–Trinajstić information content (AvgIpc) is 2.89. The van der Waals surface area contributed by atoms with Crippen molar-refractivity contribution >= 4 is 16.7 Å². The molecular formula is C14H12N4O2. The normalized spacial score (nSPS) is 10.8. The lowest BCUT2D eigenvalue weighted by molar-refractivity contribution is 0.0964. The Balaban J connectivity index is 1.97. The maximum Gasteiger partial charge on any atom is 0.278 e. The number of carbonyl (C=O) groups is 1. The van der Waals surface area contributed by atoms with Gasteiger partial charge in [-0.25, -0.2) is 4.68 Å². The molecule has 3 rings (SSSR count). The fourth-order valence-corrected chi connectivity index (χ4v) is 2.02. The molecule has 0 amide bonds. The third-order valence-corrected chi connectivity index (χ3v) is 3.08. The van der Waals surface area contributed by atoms with E-state index in [9.17, 15) is 9.59 Å². The molecule has 2 aromatic heterocycles. The molecule has 2 heterocycles. The van der Waals surface area contributed by atoms with E-state index in [1.54, 1.807) is 47.3 Å². The van der Waals surface area contributed by atoms with Crippen molar-refractivity contribution in [1.29, 1.82) is 0 Å². The average molecular weight is 268 g/mol. The Kier molecular flexibility index (Phi) is 2.90. The van der Waals surface area contributed by atoms with Gasteiger partial charge in [0.1, 0.15) is 12.1 Å². The summed E-state index contributed by atoms with van der Waals surface area (Å²) in [4.78, 5) is 24.3. The van der Waals surface area contributed by atoms with Crippen LogP contribution in [-0.4, -0.2) is 25.3 Å². The van der Waals surface area contributed by atoms with Crippen molar-refractivity contribution in [2.75, 3.05) is 0 Å². The largest absolute Gasteiger partial charge is 0.357 e. The van der Waals surface area contributed by atoms with Crippen LogP contribution < -0.4 is 5.56 Å². The van der Waals surface area contributed by atoms with Crippen molar-refractivity contribution in [2.24, 2.45) is 7.05 Å². The molecule has 100 valence electrons. The molecule has 0 aliphatic rings. The first-order valence-corrected chi connectivity index (χ1v) is 6.13. The monoisotopic (exact) mass is 268 g/mol. The van der Waals surface area contributed by atoms with Gasteiger partial charge >= 0.3 is 0 Å². The number of benzene rings is 1. The molecular weight excluding hydrogens is 256 g/mol. The van der Waals surface area contributed by atoms with E-state index < -0.39 is 0 Å². The molecule has 0 N–H and O–H groups in total. The van der Waals surface area contributed by atoms with Crippen molar-refractivity contribution in [2.45, 2.75) is 6.54 Å². The van der Waals surface area contributed by atoms with E-state index >= 15 is 0 Å². The molecule has 0 aliphatic heterocycles. The molecule has 0 unspecified atom stereocenters. The van der Waals surface area contributed by atoms with Crippen molar-refractivity contribution < 1.29 is 4.79 Å². The zero-order chi connectivity index (χ0) is 14.1. The number of rotatable bonds is 3. The Hall–Kier alpha value is -2.76. The van der Waals surface area contributed by atoms with Gasteiger partial charge in [0.25, 0.3) is 5.56 Å². The molecule has 0 spiro atoms. The molecule has 0 radical (unpaired) electrons. The Morgan fingerprint density at radius 3 is 2.80 bits per heavy atom. The molecule has 0 atom stereocenters. The van der Waals surface area contributed by atoms with Crippen LogP contribution in [0.15, 0.2) is 47.5 Å². The molecule has 0 aliphatic carbocycles. The minimum absolute atomic E-state index is 0.110. The Bertz CT molecular complexity index is 848. The van der Waals surface area contributed by atoms with Crippen LogP contribution in [0, 0.1) is 0 Å². The SMILES string of the molecule is Cn1ccc(C(=O)Cn2nnc3ccccc3c2=O)c1. The van der Waals surface area contributed by atoms with Gasteiger partial charge in [0.15, 0.2) is 5.78 Å².